The van der Waals surface area contributed by atoms with Crippen LogP contribution in [0.4, 0.5) is 0 Å². The van der Waals surface area contributed by atoms with Crippen molar-refractivity contribution in [1.82, 2.24) is 24.6 Å². The Hall–Kier alpha value is -2.97. The summed E-state index contributed by atoms with van der Waals surface area (Å²) >= 11 is 0. The summed E-state index contributed by atoms with van der Waals surface area (Å²) in [6.45, 7) is 5.78. The zero-order valence-electron chi connectivity index (χ0n) is 16.8. The summed E-state index contributed by atoms with van der Waals surface area (Å²) < 4.78 is 12.9. The van der Waals surface area contributed by atoms with Gasteiger partial charge in [0.2, 0.25) is 0 Å². The number of ether oxygens (including phenoxy) is 1. The van der Waals surface area contributed by atoms with Crippen molar-refractivity contribution in [3.63, 3.8) is 0 Å². The SMILES string of the molecule is Cc1c(-c2ccc3occc3c2O)nnc2c1ncn2[C@@H]1CCCN(C2COC2)C1. The van der Waals surface area contributed by atoms with Gasteiger partial charge in [-0.3, -0.25) is 4.90 Å². The molecule has 1 atom stereocenters. The number of furan rings is 1. The average Bonchev–Trinajstić information content (AvgIpc) is 3.36. The number of likely N-dealkylation sites (tertiary alicyclic amines) is 1. The van der Waals surface area contributed by atoms with E-state index < -0.39 is 0 Å². The molecular weight excluding hydrogens is 382 g/mol. The Balaban J connectivity index is 1.38. The highest BCUT2D eigenvalue weighted by Gasteiger charge is 2.32. The van der Waals surface area contributed by atoms with E-state index in [1.165, 1.54) is 0 Å². The van der Waals surface area contributed by atoms with Gasteiger partial charge >= 0.3 is 0 Å². The van der Waals surface area contributed by atoms with E-state index in [4.69, 9.17) is 9.15 Å². The molecule has 6 rings (SSSR count). The van der Waals surface area contributed by atoms with Crippen molar-refractivity contribution >= 4 is 22.1 Å². The first kappa shape index (κ1) is 17.9. The standard InChI is InChI=1S/C22H23N5O3/c1-13-19(17-4-5-18-16(21(17)28)6-8-30-18)24-25-22-20(13)23-12-27(22)14-3-2-7-26(9-14)15-10-29-11-15/h4-6,8,12,14-15,28H,2-3,7,9-11H2,1H3/t14-/m1/s1. The Morgan fingerprint density at radius 3 is 2.87 bits per heavy atom. The minimum atomic E-state index is 0.156. The van der Waals surface area contributed by atoms with Crippen LogP contribution in [0.25, 0.3) is 33.4 Å². The number of nitrogens with zero attached hydrogens (tertiary/aromatic N) is 5. The third-order valence-electron chi connectivity index (χ3n) is 6.54. The molecule has 5 heterocycles. The van der Waals surface area contributed by atoms with E-state index in [0.717, 1.165) is 55.9 Å². The normalized spacial score (nSPS) is 20.8. The molecule has 0 radical (unpaired) electrons. The fraction of sp³-hybridized carbons (Fsp3) is 0.409. The van der Waals surface area contributed by atoms with Gasteiger partial charge in [0.15, 0.2) is 5.65 Å². The van der Waals surface area contributed by atoms with Crippen molar-refractivity contribution in [2.24, 2.45) is 0 Å². The number of hydrogen-bond acceptors (Lipinski definition) is 7. The molecule has 1 aromatic carbocycles. The number of rotatable bonds is 3. The number of imidazole rings is 1. The molecule has 8 nitrogen and oxygen atoms in total. The van der Waals surface area contributed by atoms with Crippen LogP contribution >= 0.6 is 0 Å². The molecule has 0 aliphatic carbocycles. The Morgan fingerprint density at radius 2 is 2.03 bits per heavy atom. The number of hydrogen-bond donors (Lipinski definition) is 1. The van der Waals surface area contributed by atoms with Crippen LogP contribution < -0.4 is 0 Å². The molecule has 2 fully saturated rings. The summed E-state index contributed by atoms with van der Waals surface area (Å²) in [6, 6.07) is 6.30. The molecule has 2 saturated heterocycles. The molecule has 4 aromatic rings. The molecule has 0 amide bonds. The number of aromatic nitrogens is 4. The van der Waals surface area contributed by atoms with Crippen LogP contribution in [-0.2, 0) is 4.74 Å². The van der Waals surface area contributed by atoms with Gasteiger partial charge in [0.25, 0.3) is 0 Å². The van der Waals surface area contributed by atoms with Crippen molar-refractivity contribution in [3.05, 3.63) is 36.4 Å². The van der Waals surface area contributed by atoms with Crippen LogP contribution in [-0.4, -0.2) is 62.1 Å². The highest BCUT2D eigenvalue weighted by atomic mass is 16.5. The molecule has 1 N–H and O–H groups in total. The van der Waals surface area contributed by atoms with Gasteiger partial charge in [0.05, 0.1) is 37.2 Å². The van der Waals surface area contributed by atoms with Crippen molar-refractivity contribution in [3.8, 4) is 17.0 Å². The molecule has 0 unspecified atom stereocenters. The summed E-state index contributed by atoms with van der Waals surface area (Å²) in [6.07, 6.45) is 5.72. The van der Waals surface area contributed by atoms with E-state index >= 15 is 0 Å². The highest BCUT2D eigenvalue weighted by molar-refractivity contribution is 5.93. The highest BCUT2D eigenvalue weighted by Crippen LogP contribution is 2.38. The number of phenolic OH excluding ortho intramolecular Hbond substituents is 1. The molecule has 2 aliphatic heterocycles. The topological polar surface area (TPSA) is 89.4 Å². The second-order valence-electron chi connectivity index (χ2n) is 8.27. The van der Waals surface area contributed by atoms with Crippen molar-refractivity contribution < 1.29 is 14.3 Å². The Kier molecular flexibility index (Phi) is 4.04. The maximum Gasteiger partial charge on any atom is 0.183 e. The van der Waals surface area contributed by atoms with Crippen molar-refractivity contribution in [2.45, 2.75) is 31.8 Å². The maximum atomic E-state index is 10.7. The van der Waals surface area contributed by atoms with E-state index in [0.29, 0.717) is 34.3 Å². The molecule has 0 saturated carbocycles. The molecule has 8 heteroatoms. The lowest BCUT2D eigenvalue weighted by Crippen LogP contribution is -2.52. The van der Waals surface area contributed by atoms with Crippen LogP contribution in [0.5, 0.6) is 5.75 Å². The van der Waals surface area contributed by atoms with E-state index in [1.54, 1.807) is 12.3 Å². The predicted octanol–water partition coefficient (Wildman–Crippen LogP) is 3.29. The largest absolute Gasteiger partial charge is 0.506 e. The lowest BCUT2D eigenvalue weighted by Gasteiger charge is -2.42. The smallest absolute Gasteiger partial charge is 0.183 e. The first-order chi connectivity index (χ1) is 14.7. The van der Waals surface area contributed by atoms with Gasteiger partial charge in [-0.05, 0) is 44.5 Å². The molecule has 0 spiro atoms. The van der Waals surface area contributed by atoms with E-state index in [2.05, 4.69) is 24.6 Å². The second-order valence-corrected chi connectivity index (χ2v) is 8.27. The van der Waals surface area contributed by atoms with Crippen molar-refractivity contribution in [2.75, 3.05) is 26.3 Å². The molecule has 2 aliphatic rings. The third kappa shape index (κ3) is 2.64. The van der Waals surface area contributed by atoms with Gasteiger partial charge in [0, 0.05) is 23.7 Å². The molecule has 30 heavy (non-hydrogen) atoms. The monoisotopic (exact) mass is 405 g/mol. The fourth-order valence-corrected chi connectivity index (χ4v) is 4.72. The fourth-order valence-electron chi connectivity index (χ4n) is 4.72. The number of fused-ring (bicyclic) bond motifs is 2. The van der Waals surface area contributed by atoms with Gasteiger partial charge in [-0.15, -0.1) is 10.2 Å². The Morgan fingerprint density at radius 1 is 1.13 bits per heavy atom. The van der Waals surface area contributed by atoms with Crippen LogP contribution in [0.3, 0.4) is 0 Å². The van der Waals surface area contributed by atoms with Gasteiger partial charge in [0.1, 0.15) is 22.5 Å². The lowest BCUT2D eigenvalue weighted by molar-refractivity contribution is -0.0750. The number of phenols is 1. The minimum absolute atomic E-state index is 0.156. The van der Waals surface area contributed by atoms with E-state index in [1.807, 2.05) is 25.4 Å². The number of aryl methyl sites for hydroxylation is 1. The summed E-state index contributed by atoms with van der Waals surface area (Å²) in [5.74, 6) is 0.156. The summed E-state index contributed by atoms with van der Waals surface area (Å²) in [5, 5.41) is 20.4. The zero-order valence-corrected chi connectivity index (χ0v) is 16.8. The van der Waals surface area contributed by atoms with Gasteiger partial charge in [-0.25, -0.2) is 4.98 Å². The van der Waals surface area contributed by atoms with Crippen LogP contribution in [0, 0.1) is 6.92 Å². The molecule has 0 bridgehead atoms. The maximum absolute atomic E-state index is 10.7. The summed E-state index contributed by atoms with van der Waals surface area (Å²) in [4.78, 5) is 7.21. The first-order valence-corrected chi connectivity index (χ1v) is 10.4. The van der Waals surface area contributed by atoms with Crippen molar-refractivity contribution in [1.29, 1.82) is 0 Å². The number of piperidine rings is 1. The van der Waals surface area contributed by atoms with Crippen LogP contribution in [0.2, 0.25) is 0 Å². The number of benzene rings is 1. The Labute approximate surface area is 173 Å². The first-order valence-electron chi connectivity index (χ1n) is 10.4. The summed E-state index contributed by atoms with van der Waals surface area (Å²) in [7, 11) is 0. The number of aromatic hydroxyl groups is 1. The zero-order chi connectivity index (χ0) is 20.2. The predicted molar refractivity (Wildman–Crippen MR) is 111 cm³/mol. The second kappa shape index (κ2) is 6.78. The van der Waals surface area contributed by atoms with Gasteiger partial charge in [-0.2, -0.15) is 0 Å². The minimum Gasteiger partial charge on any atom is -0.506 e. The van der Waals surface area contributed by atoms with Gasteiger partial charge < -0.3 is 18.8 Å². The molecule has 3 aromatic heterocycles. The third-order valence-corrected chi connectivity index (χ3v) is 6.54. The molecule has 154 valence electrons. The molecular formula is C22H23N5O3. The van der Waals surface area contributed by atoms with E-state index in [-0.39, 0.29) is 5.75 Å². The van der Waals surface area contributed by atoms with Crippen LogP contribution in [0.15, 0.2) is 35.2 Å². The average molecular weight is 405 g/mol. The Bertz CT molecular complexity index is 1240. The summed E-state index contributed by atoms with van der Waals surface area (Å²) in [5.41, 5.74) is 4.47. The van der Waals surface area contributed by atoms with Gasteiger partial charge in [-0.1, -0.05) is 0 Å². The van der Waals surface area contributed by atoms with E-state index in [9.17, 15) is 5.11 Å². The van der Waals surface area contributed by atoms with Crippen LogP contribution in [0.1, 0.15) is 24.4 Å². The lowest BCUT2D eigenvalue weighted by atomic mass is 10.0. The quantitative estimate of drug-likeness (QED) is 0.559.